The number of ketones is 1. The van der Waals surface area contributed by atoms with Gasteiger partial charge in [0.2, 0.25) is 5.78 Å². The van der Waals surface area contributed by atoms with Crippen LogP contribution in [0, 0.1) is 27.7 Å². The number of carbonyl (C=O) groups excluding carboxylic acids is 2. The second-order valence-corrected chi connectivity index (χ2v) is 7.00. The highest BCUT2D eigenvalue weighted by atomic mass is 32.2. The molecule has 0 unspecified atom stereocenters. The molecule has 1 aromatic carbocycles. The standard InChI is InChI=1S/C19H23NO3S/c1-12-6-7-18(13(2)8-12)24-11-19(22)23-10-17(21)16-9-14(3)20(5)15(16)4/h6-9H,10-11H2,1-5H3. The average Bonchev–Trinajstić information content (AvgIpc) is 2.79. The van der Waals surface area contributed by atoms with Gasteiger partial charge in [-0.25, -0.2) is 0 Å². The molecule has 0 aliphatic carbocycles. The van der Waals surface area contributed by atoms with Gasteiger partial charge in [0.05, 0.1) is 5.75 Å². The first-order valence-corrected chi connectivity index (χ1v) is 8.80. The van der Waals surface area contributed by atoms with Crippen LogP contribution in [-0.2, 0) is 16.6 Å². The van der Waals surface area contributed by atoms with Gasteiger partial charge in [-0.2, -0.15) is 0 Å². The number of aromatic nitrogens is 1. The van der Waals surface area contributed by atoms with Gasteiger partial charge in [0.25, 0.3) is 0 Å². The van der Waals surface area contributed by atoms with E-state index >= 15 is 0 Å². The van der Waals surface area contributed by atoms with E-state index in [0.29, 0.717) is 5.56 Å². The van der Waals surface area contributed by atoms with Gasteiger partial charge in [-0.15, -0.1) is 11.8 Å². The number of hydrogen-bond acceptors (Lipinski definition) is 4. The number of carbonyl (C=O) groups is 2. The molecule has 1 aromatic heterocycles. The van der Waals surface area contributed by atoms with Gasteiger partial charge in [-0.05, 0) is 45.4 Å². The molecule has 0 aliphatic heterocycles. The Balaban J connectivity index is 1.86. The second-order valence-electron chi connectivity index (χ2n) is 5.99. The number of aryl methyl sites for hydroxylation is 3. The molecule has 0 amide bonds. The number of thioether (sulfide) groups is 1. The smallest absolute Gasteiger partial charge is 0.316 e. The van der Waals surface area contributed by atoms with Crippen molar-refractivity contribution in [3.63, 3.8) is 0 Å². The van der Waals surface area contributed by atoms with E-state index in [-0.39, 0.29) is 24.1 Å². The van der Waals surface area contributed by atoms with E-state index in [1.165, 1.54) is 17.3 Å². The van der Waals surface area contributed by atoms with Crippen LogP contribution in [-0.4, -0.2) is 28.7 Å². The van der Waals surface area contributed by atoms with Crippen molar-refractivity contribution in [1.29, 1.82) is 0 Å². The summed E-state index contributed by atoms with van der Waals surface area (Å²) in [5.74, 6) is -0.344. The summed E-state index contributed by atoms with van der Waals surface area (Å²) in [6.07, 6.45) is 0. The summed E-state index contributed by atoms with van der Waals surface area (Å²) in [4.78, 5) is 25.1. The first-order valence-electron chi connectivity index (χ1n) is 7.81. The van der Waals surface area contributed by atoms with Gasteiger partial charge in [0.1, 0.15) is 0 Å². The largest absolute Gasteiger partial charge is 0.457 e. The zero-order chi connectivity index (χ0) is 17.9. The Morgan fingerprint density at radius 3 is 2.42 bits per heavy atom. The normalized spacial score (nSPS) is 10.7. The monoisotopic (exact) mass is 345 g/mol. The maximum absolute atomic E-state index is 12.2. The minimum Gasteiger partial charge on any atom is -0.457 e. The number of nitrogens with zero attached hydrogens (tertiary/aromatic N) is 1. The lowest BCUT2D eigenvalue weighted by atomic mass is 10.1. The van der Waals surface area contributed by atoms with Crippen molar-refractivity contribution < 1.29 is 14.3 Å². The molecule has 2 aromatic rings. The fraction of sp³-hybridized carbons (Fsp3) is 0.368. The lowest BCUT2D eigenvalue weighted by molar-refractivity contribution is -0.139. The third-order valence-corrected chi connectivity index (χ3v) is 5.26. The van der Waals surface area contributed by atoms with Gasteiger partial charge in [-0.3, -0.25) is 9.59 Å². The zero-order valence-corrected chi connectivity index (χ0v) is 15.6. The Morgan fingerprint density at radius 1 is 1.12 bits per heavy atom. The quantitative estimate of drug-likeness (QED) is 0.454. The van der Waals surface area contributed by atoms with Crippen molar-refractivity contribution in [1.82, 2.24) is 4.57 Å². The molecular formula is C19H23NO3S. The lowest BCUT2D eigenvalue weighted by Crippen LogP contribution is -2.16. The van der Waals surface area contributed by atoms with E-state index in [2.05, 4.69) is 6.07 Å². The van der Waals surface area contributed by atoms with E-state index in [4.69, 9.17) is 4.74 Å². The molecule has 0 bridgehead atoms. The Morgan fingerprint density at radius 2 is 1.83 bits per heavy atom. The molecular weight excluding hydrogens is 322 g/mol. The van der Waals surface area contributed by atoms with Gasteiger partial charge in [0.15, 0.2) is 6.61 Å². The predicted octanol–water partition coefficient (Wildman–Crippen LogP) is 3.78. The predicted molar refractivity (Wildman–Crippen MR) is 96.8 cm³/mol. The Hall–Kier alpha value is -2.01. The van der Waals surface area contributed by atoms with E-state index in [1.807, 2.05) is 57.5 Å². The minimum absolute atomic E-state index is 0.166. The minimum atomic E-state index is -0.376. The molecule has 0 atom stereocenters. The molecule has 5 heteroatoms. The highest BCUT2D eigenvalue weighted by molar-refractivity contribution is 8.00. The molecule has 4 nitrogen and oxygen atoms in total. The molecule has 0 saturated heterocycles. The number of rotatable bonds is 6. The SMILES string of the molecule is Cc1ccc(SCC(=O)OCC(=O)c2cc(C)n(C)c2C)c(C)c1. The number of ether oxygens (including phenoxy) is 1. The third kappa shape index (κ3) is 4.29. The molecule has 24 heavy (non-hydrogen) atoms. The van der Waals surface area contributed by atoms with Crippen LogP contribution >= 0.6 is 11.8 Å². The van der Waals surface area contributed by atoms with Gasteiger partial charge in [0, 0.05) is 28.9 Å². The Bertz CT molecular complexity index is 777. The average molecular weight is 345 g/mol. The summed E-state index contributed by atoms with van der Waals surface area (Å²) in [6, 6.07) is 7.93. The van der Waals surface area contributed by atoms with Crippen molar-refractivity contribution in [3.8, 4) is 0 Å². The summed E-state index contributed by atoms with van der Waals surface area (Å²) in [6.45, 7) is 7.67. The maximum atomic E-state index is 12.2. The van der Waals surface area contributed by atoms with Crippen LogP contribution in [0.4, 0.5) is 0 Å². The second kappa shape index (κ2) is 7.71. The van der Waals surface area contributed by atoms with Crippen LogP contribution in [0.15, 0.2) is 29.2 Å². The number of benzene rings is 1. The Kier molecular flexibility index (Phi) is 5.89. The van der Waals surface area contributed by atoms with Crippen molar-refractivity contribution in [2.75, 3.05) is 12.4 Å². The molecule has 0 spiro atoms. The van der Waals surface area contributed by atoms with Crippen LogP contribution in [0.2, 0.25) is 0 Å². The van der Waals surface area contributed by atoms with Crippen LogP contribution < -0.4 is 0 Å². The summed E-state index contributed by atoms with van der Waals surface area (Å²) in [7, 11) is 1.91. The van der Waals surface area contributed by atoms with Crippen molar-refractivity contribution >= 4 is 23.5 Å². The highest BCUT2D eigenvalue weighted by Crippen LogP contribution is 2.23. The molecule has 0 aliphatic rings. The molecule has 0 radical (unpaired) electrons. The number of hydrogen-bond donors (Lipinski definition) is 0. The molecule has 1 heterocycles. The molecule has 0 N–H and O–H groups in total. The summed E-state index contributed by atoms with van der Waals surface area (Å²) < 4.78 is 7.08. The lowest BCUT2D eigenvalue weighted by Gasteiger charge is -2.07. The number of Topliss-reactive ketones (excluding diaryl/α,β-unsaturated/α-hetero) is 1. The van der Waals surface area contributed by atoms with Crippen molar-refractivity contribution in [2.45, 2.75) is 32.6 Å². The van der Waals surface area contributed by atoms with Gasteiger partial charge in [-0.1, -0.05) is 17.7 Å². The number of esters is 1. The molecule has 2 rings (SSSR count). The van der Waals surface area contributed by atoms with Crippen LogP contribution in [0.3, 0.4) is 0 Å². The van der Waals surface area contributed by atoms with E-state index in [1.54, 1.807) is 0 Å². The molecule has 128 valence electrons. The summed E-state index contributed by atoms with van der Waals surface area (Å²) in [5, 5.41) is 0. The summed E-state index contributed by atoms with van der Waals surface area (Å²) in [5.41, 5.74) is 4.84. The zero-order valence-electron chi connectivity index (χ0n) is 14.8. The molecule has 0 saturated carbocycles. The van der Waals surface area contributed by atoms with E-state index < -0.39 is 0 Å². The topological polar surface area (TPSA) is 48.3 Å². The van der Waals surface area contributed by atoms with Gasteiger partial charge >= 0.3 is 5.97 Å². The van der Waals surface area contributed by atoms with Crippen LogP contribution in [0.5, 0.6) is 0 Å². The van der Waals surface area contributed by atoms with E-state index in [9.17, 15) is 9.59 Å². The highest BCUT2D eigenvalue weighted by Gasteiger charge is 2.16. The summed E-state index contributed by atoms with van der Waals surface area (Å²) >= 11 is 1.43. The van der Waals surface area contributed by atoms with Crippen LogP contribution in [0.25, 0.3) is 0 Å². The first-order chi connectivity index (χ1) is 11.3. The third-order valence-electron chi connectivity index (χ3n) is 4.12. The fourth-order valence-corrected chi connectivity index (χ4v) is 3.31. The van der Waals surface area contributed by atoms with Crippen LogP contribution in [0.1, 0.15) is 32.9 Å². The fourth-order valence-electron chi connectivity index (χ4n) is 2.50. The van der Waals surface area contributed by atoms with E-state index in [0.717, 1.165) is 21.8 Å². The van der Waals surface area contributed by atoms with Crippen molar-refractivity contribution in [2.24, 2.45) is 7.05 Å². The molecule has 0 fully saturated rings. The van der Waals surface area contributed by atoms with Gasteiger partial charge < -0.3 is 9.30 Å². The first kappa shape index (κ1) is 18.3. The van der Waals surface area contributed by atoms with Crippen molar-refractivity contribution in [3.05, 3.63) is 52.3 Å². The Labute approximate surface area is 147 Å². The maximum Gasteiger partial charge on any atom is 0.316 e.